The minimum atomic E-state index is -0.515. The summed E-state index contributed by atoms with van der Waals surface area (Å²) in [5, 5.41) is 6.31. The third kappa shape index (κ3) is 5.54. The minimum Gasteiger partial charge on any atom is -0.467 e. The number of carbonyl (C=O) groups excluding carboxylic acids is 1. The number of rotatable bonds is 8. The van der Waals surface area contributed by atoms with Gasteiger partial charge in [-0.25, -0.2) is 0 Å². The summed E-state index contributed by atoms with van der Waals surface area (Å²) in [5.74, 6) is 2.56. The Hall–Kier alpha value is -3.46. The fourth-order valence-electron chi connectivity index (χ4n) is 2.43. The lowest BCUT2D eigenvalue weighted by Gasteiger charge is -2.23. The first-order valence-electron chi connectivity index (χ1n) is 9.73. The summed E-state index contributed by atoms with van der Waals surface area (Å²) in [6, 6.07) is 12.6. The Morgan fingerprint density at radius 3 is 2.37 bits per heavy atom. The standard InChI is InChI=1S/C21H27N6O3/c1-15(2)13-22-18-24-19(23-14-17-11-8-12-29-17)26-20(25-18)27(3,4)21(28)30-16-9-6-5-7-10-16/h5-12,15H,13-14H2,1-4H3,(H2,22,23,24,25,26)/q+1. The summed E-state index contributed by atoms with van der Waals surface area (Å²) in [6.07, 6.45) is 1.09. The van der Waals surface area contributed by atoms with Crippen molar-refractivity contribution >= 4 is 23.9 Å². The van der Waals surface area contributed by atoms with Gasteiger partial charge in [-0.15, -0.1) is 9.97 Å². The normalized spacial score (nSPS) is 11.4. The van der Waals surface area contributed by atoms with E-state index in [9.17, 15) is 4.79 Å². The van der Waals surface area contributed by atoms with Gasteiger partial charge in [-0.3, -0.25) is 0 Å². The van der Waals surface area contributed by atoms with Crippen molar-refractivity contribution in [2.45, 2.75) is 20.4 Å². The molecule has 1 amide bonds. The van der Waals surface area contributed by atoms with E-state index in [1.807, 2.05) is 18.2 Å². The van der Waals surface area contributed by atoms with Crippen LogP contribution < -0.4 is 19.9 Å². The summed E-state index contributed by atoms with van der Waals surface area (Å²) in [5.41, 5.74) is 0. The minimum absolute atomic E-state index is 0.249. The number of hydrogen-bond donors (Lipinski definition) is 2. The smallest absolute Gasteiger partial charge is 0.467 e. The lowest BCUT2D eigenvalue weighted by molar-refractivity contribution is 0.170. The molecule has 30 heavy (non-hydrogen) atoms. The molecule has 0 atom stereocenters. The Kier molecular flexibility index (Phi) is 6.63. The van der Waals surface area contributed by atoms with E-state index in [4.69, 9.17) is 9.15 Å². The highest BCUT2D eigenvalue weighted by Crippen LogP contribution is 2.21. The zero-order valence-corrected chi connectivity index (χ0v) is 17.6. The van der Waals surface area contributed by atoms with Gasteiger partial charge >= 0.3 is 12.0 Å². The van der Waals surface area contributed by atoms with E-state index in [-0.39, 0.29) is 10.4 Å². The molecule has 1 aromatic carbocycles. The molecule has 0 radical (unpaired) electrons. The lowest BCUT2D eigenvalue weighted by atomic mass is 10.2. The zero-order chi connectivity index (χ0) is 21.6. The molecule has 9 heteroatoms. The Morgan fingerprint density at radius 1 is 1.03 bits per heavy atom. The summed E-state index contributed by atoms with van der Waals surface area (Å²) >= 11 is 0. The molecular weight excluding hydrogens is 384 g/mol. The molecule has 158 valence electrons. The number of quaternary nitrogens is 1. The number of nitrogens with one attached hydrogen (secondary N) is 2. The molecule has 0 unspecified atom stereocenters. The summed E-state index contributed by atoms with van der Waals surface area (Å²) in [7, 11) is 3.34. The second kappa shape index (κ2) is 9.36. The number of furan rings is 1. The largest absolute Gasteiger partial charge is 0.528 e. The molecule has 0 spiro atoms. The molecule has 0 saturated heterocycles. The van der Waals surface area contributed by atoms with Gasteiger partial charge in [-0.2, -0.15) is 14.3 Å². The van der Waals surface area contributed by atoms with Crippen molar-refractivity contribution in [3.63, 3.8) is 0 Å². The number of carbonyl (C=O) groups is 1. The average molecular weight is 411 g/mol. The second-order valence-electron chi connectivity index (χ2n) is 7.62. The molecule has 0 saturated carbocycles. The third-order valence-corrected chi connectivity index (χ3v) is 4.20. The molecule has 0 bridgehead atoms. The number of para-hydroxylation sites is 1. The van der Waals surface area contributed by atoms with Crippen molar-refractivity contribution < 1.29 is 13.9 Å². The van der Waals surface area contributed by atoms with Gasteiger partial charge in [0.25, 0.3) is 0 Å². The van der Waals surface area contributed by atoms with E-state index in [1.54, 1.807) is 44.6 Å². The van der Waals surface area contributed by atoms with E-state index >= 15 is 0 Å². The van der Waals surface area contributed by atoms with E-state index in [0.717, 1.165) is 5.76 Å². The predicted octanol–water partition coefficient (Wildman–Crippen LogP) is 3.91. The maximum atomic E-state index is 12.9. The van der Waals surface area contributed by atoms with Crippen molar-refractivity contribution in [1.82, 2.24) is 19.4 Å². The average Bonchev–Trinajstić information content (AvgIpc) is 3.25. The first kappa shape index (κ1) is 21.3. The van der Waals surface area contributed by atoms with Crippen molar-refractivity contribution in [3.8, 4) is 5.75 Å². The van der Waals surface area contributed by atoms with Crippen molar-refractivity contribution in [2.75, 3.05) is 31.3 Å². The van der Waals surface area contributed by atoms with Crippen LogP contribution in [0.5, 0.6) is 5.75 Å². The summed E-state index contributed by atoms with van der Waals surface area (Å²) in [4.78, 5) is 26.2. The topological polar surface area (TPSA) is 102 Å². The SMILES string of the molecule is CC(C)CNc1nc(NCc2ccco2)nc([N+](C)(C)C(=O)Oc2ccccc2)n1. The molecular formula is C21H27N6O3+. The molecule has 0 fully saturated rings. The van der Waals surface area contributed by atoms with Gasteiger partial charge in [0.2, 0.25) is 11.9 Å². The van der Waals surface area contributed by atoms with E-state index < -0.39 is 6.09 Å². The van der Waals surface area contributed by atoms with Crippen LogP contribution in [0.15, 0.2) is 53.1 Å². The number of hydrogen-bond acceptors (Lipinski definition) is 8. The highest BCUT2D eigenvalue weighted by molar-refractivity contribution is 5.81. The summed E-state index contributed by atoms with van der Waals surface area (Å²) in [6.45, 7) is 5.26. The molecule has 3 aromatic rings. The maximum absolute atomic E-state index is 12.9. The van der Waals surface area contributed by atoms with Gasteiger partial charge < -0.3 is 19.8 Å². The molecule has 2 aromatic heterocycles. The van der Waals surface area contributed by atoms with Crippen LogP contribution in [0.4, 0.5) is 22.6 Å². The number of ether oxygens (including phenoxy) is 1. The van der Waals surface area contributed by atoms with Gasteiger partial charge in [0.05, 0.1) is 26.9 Å². The van der Waals surface area contributed by atoms with Gasteiger partial charge in [0.1, 0.15) is 11.5 Å². The van der Waals surface area contributed by atoms with Crippen LogP contribution in [0, 0.1) is 5.92 Å². The monoisotopic (exact) mass is 411 g/mol. The van der Waals surface area contributed by atoms with Gasteiger partial charge in [-0.1, -0.05) is 32.0 Å². The van der Waals surface area contributed by atoms with Crippen LogP contribution in [0.1, 0.15) is 19.6 Å². The molecule has 2 N–H and O–H groups in total. The second-order valence-corrected chi connectivity index (χ2v) is 7.62. The number of amides is 1. The van der Waals surface area contributed by atoms with Crippen LogP contribution in [-0.4, -0.2) is 41.7 Å². The van der Waals surface area contributed by atoms with E-state index in [1.165, 1.54) is 0 Å². The van der Waals surface area contributed by atoms with Gasteiger partial charge in [-0.05, 0) is 30.2 Å². The van der Waals surface area contributed by atoms with Crippen LogP contribution in [0.2, 0.25) is 0 Å². The van der Waals surface area contributed by atoms with Gasteiger partial charge in [0, 0.05) is 6.54 Å². The number of benzene rings is 1. The van der Waals surface area contributed by atoms with Crippen molar-refractivity contribution in [2.24, 2.45) is 5.92 Å². The Morgan fingerprint density at radius 2 is 1.73 bits per heavy atom. The lowest BCUT2D eigenvalue weighted by Crippen LogP contribution is -2.49. The Balaban J connectivity index is 1.84. The zero-order valence-electron chi connectivity index (χ0n) is 17.6. The first-order valence-corrected chi connectivity index (χ1v) is 9.73. The highest BCUT2D eigenvalue weighted by atomic mass is 16.6. The molecule has 0 aliphatic carbocycles. The number of aromatic nitrogens is 3. The van der Waals surface area contributed by atoms with Crippen LogP contribution >= 0.6 is 0 Å². The number of anilines is 2. The molecule has 9 nitrogen and oxygen atoms in total. The number of nitrogens with zero attached hydrogens (tertiary/aromatic N) is 4. The fourth-order valence-corrected chi connectivity index (χ4v) is 2.43. The van der Waals surface area contributed by atoms with E-state index in [0.29, 0.717) is 36.7 Å². The van der Waals surface area contributed by atoms with E-state index in [2.05, 4.69) is 39.4 Å². The van der Waals surface area contributed by atoms with Gasteiger partial charge in [0.15, 0.2) is 0 Å². The maximum Gasteiger partial charge on any atom is 0.528 e. The first-order chi connectivity index (χ1) is 14.3. The fraction of sp³-hybridized carbons (Fsp3) is 0.333. The highest BCUT2D eigenvalue weighted by Gasteiger charge is 2.36. The van der Waals surface area contributed by atoms with Crippen LogP contribution in [0.25, 0.3) is 0 Å². The molecule has 2 heterocycles. The van der Waals surface area contributed by atoms with Crippen molar-refractivity contribution in [1.29, 1.82) is 0 Å². The van der Waals surface area contributed by atoms with Crippen molar-refractivity contribution in [3.05, 3.63) is 54.5 Å². The molecule has 0 aliphatic rings. The molecule has 0 aliphatic heterocycles. The molecule has 3 rings (SSSR count). The van der Waals surface area contributed by atoms with Crippen LogP contribution in [0.3, 0.4) is 0 Å². The third-order valence-electron chi connectivity index (χ3n) is 4.20. The summed E-state index contributed by atoms with van der Waals surface area (Å²) < 4.78 is 10.5. The quantitative estimate of drug-likeness (QED) is 0.538. The predicted molar refractivity (Wildman–Crippen MR) is 115 cm³/mol. The Bertz CT molecular complexity index is 958. The van der Waals surface area contributed by atoms with Crippen LogP contribution in [-0.2, 0) is 6.54 Å². The Labute approximate surface area is 175 Å².